The zero-order valence-corrected chi connectivity index (χ0v) is 73.5. The number of methoxy groups -OCH3 is 6. The molecule has 0 saturated heterocycles. The molecule has 10 N–H and O–H groups in total. The van der Waals surface area contributed by atoms with E-state index in [1.54, 1.807) is 89.1 Å². The van der Waals surface area contributed by atoms with Gasteiger partial charge in [-0.05, 0) is 181 Å². The van der Waals surface area contributed by atoms with Crippen LogP contribution in [0.15, 0.2) is 91.0 Å². The fourth-order valence-electron chi connectivity index (χ4n) is 5.71. The van der Waals surface area contributed by atoms with Crippen LogP contribution in [-0.4, -0.2) is 114 Å². The summed E-state index contributed by atoms with van der Waals surface area (Å²) in [5.41, 5.74) is 12.3. The Morgan fingerprint density at radius 2 is 0.667 bits per heavy atom. The van der Waals surface area contributed by atoms with Gasteiger partial charge in [-0.25, -0.2) is 0 Å². The monoisotopic (exact) mass is 2250 g/mol. The number of rotatable bonds is 11. The van der Waals surface area contributed by atoms with Crippen LogP contribution in [0.4, 0.5) is 15.8 Å². The number of carboxylic acids is 1. The molecule has 0 spiro atoms. The number of nitrogens with two attached hydrogens (primary N) is 2. The smallest absolute Gasteiger partial charge is 0.870 e. The van der Waals surface area contributed by atoms with Crippen molar-refractivity contribution in [2.45, 2.75) is 42.0 Å². The molecule has 0 saturated carbocycles. The van der Waals surface area contributed by atoms with E-state index in [1.807, 2.05) is 86.8 Å². The molecule has 0 aromatic heterocycles. The Bertz CT molecular complexity index is 3450. The van der Waals surface area contributed by atoms with Crippen LogP contribution in [0.2, 0.25) is 30.1 Å². The molecule has 0 radical (unpaired) electrons. The van der Waals surface area contributed by atoms with Gasteiger partial charge < -0.3 is 89.8 Å². The van der Waals surface area contributed by atoms with Gasteiger partial charge in [-0.2, -0.15) is 0 Å². The number of carboxylic acid groups (broad SMARTS) is 1. The maximum atomic E-state index is 10.8. The van der Waals surface area contributed by atoms with Gasteiger partial charge in [0.1, 0.15) is 93.4 Å². The number of halogens is 15. The number of phenols is 4. The fraction of sp³-hybridized carbons (Fsp3) is 0.233. The van der Waals surface area contributed by atoms with Gasteiger partial charge in [-0.15, -0.1) is 47.3 Å². The van der Waals surface area contributed by atoms with Gasteiger partial charge in [0.05, 0.1) is 57.8 Å². The van der Waals surface area contributed by atoms with Crippen molar-refractivity contribution < 1.29 is 122 Å². The van der Waals surface area contributed by atoms with Crippen molar-refractivity contribution in [1.29, 1.82) is 0 Å². The van der Waals surface area contributed by atoms with Crippen molar-refractivity contribution in [3.63, 3.8) is 0 Å². The number of phenolic OH excluding ortho intramolecular Hbond substituents is 4. The fourth-order valence-corrected chi connectivity index (χ4v) is 9.72. The van der Waals surface area contributed by atoms with Crippen molar-refractivity contribution >= 4 is 268 Å². The van der Waals surface area contributed by atoms with Gasteiger partial charge in [0.2, 0.25) is 0 Å². The maximum Gasteiger partial charge on any atom is 1.00 e. The Hall–Kier alpha value is -2.80. The maximum absolute atomic E-state index is 10.8. The SMILES string of the molecule is BrB(Br)Br.C.CC(=O)O.CC(=O)Oc1cc(I)cc(O)c1Cl.CC(=O)Oc1cc(I)cc(OC(C)=O)c1Cl.CCOc1cc(I)cc(O)c1Cl.COc1cc(I)cc(OC)c1Cl.COc1cc(N)cc(OC)c1.COc1cc(N)cc(OC)c1Cl.Oc1cc(I)cc(O)c1Cl.[2H]CF.[Li+].[OH-]. The van der Waals surface area contributed by atoms with E-state index in [1.165, 1.54) is 53.2 Å². The normalized spacial score (nSPS) is 9.13. The van der Waals surface area contributed by atoms with Crippen molar-refractivity contribution in [2.24, 2.45) is 0 Å². The Balaban J connectivity index is -0.000000251. The number of hydrogen-bond acceptors (Lipinski definition) is 21. The molecule has 0 aliphatic rings. The minimum Gasteiger partial charge on any atom is -0.870 e. The molecule has 7 aromatic carbocycles. The number of hydrogen-bond donors (Lipinski definition) is 7. The van der Waals surface area contributed by atoms with E-state index in [4.69, 9.17) is 150 Å². The van der Waals surface area contributed by atoms with Crippen LogP contribution in [0.1, 0.15) is 43.4 Å². The Labute approximate surface area is 710 Å². The molecule has 546 valence electrons. The first-order valence-electron chi connectivity index (χ1n) is 26.0. The number of carbonyl (C=O) groups excluding carboxylic acids is 3. The van der Waals surface area contributed by atoms with Gasteiger partial charge in [-0.3, -0.25) is 23.6 Å². The second kappa shape index (κ2) is 59.5. The average Bonchev–Trinajstić information content (AvgIpc) is 0.867. The number of benzene rings is 7. The molecule has 0 aliphatic carbocycles. The zero-order valence-electron chi connectivity index (χ0n) is 54.4. The molecule has 0 aliphatic heterocycles. The van der Waals surface area contributed by atoms with E-state index < -0.39 is 31.0 Å². The minimum atomic E-state index is -1.00. The molecule has 0 amide bonds. The van der Waals surface area contributed by atoms with Crippen LogP contribution in [0.5, 0.6) is 80.5 Å². The Morgan fingerprint density at radius 1 is 0.455 bits per heavy atom. The van der Waals surface area contributed by atoms with Crippen LogP contribution < -0.4 is 77.7 Å². The van der Waals surface area contributed by atoms with Crippen LogP contribution in [0.25, 0.3) is 0 Å². The average molecular weight is 2260 g/mol. The molecular formula is C60H67BBr3Cl6FI5LiN2O20. The van der Waals surface area contributed by atoms with Crippen molar-refractivity contribution in [1.82, 2.24) is 0 Å². The Morgan fingerprint density at radius 3 is 0.939 bits per heavy atom. The molecule has 7 rings (SSSR count). The van der Waals surface area contributed by atoms with E-state index in [0.29, 0.717) is 68.3 Å². The molecule has 39 heteroatoms. The van der Waals surface area contributed by atoms with E-state index in [2.05, 4.69) is 92.5 Å². The molecule has 0 fully saturated rings. The summed E-state index contributed by atoms with van der Waals surface area (Å²) in [5, 5.41) is 45.3. The molecule has 0 heterocycles. The number of anilines is 2. The summed E-state index contributed by atoms with van der Waals surface area (Å²) in [5.74, 6) is 2.32. The number of aromatic hydroxyl groups is 4. The number of aliphatic carboxylic acids is 1. The minimum absolute atomic E-state index is 0. The van der Waals surface area contributed by atoms with Gasteiger partial charge in [0.15, 0.2) is 17.2 Å². The molecule has 99 heavy (non-hydrogen) atoms. The van der Waals surface area contributed by atoms with Crippen molar-refractivity contribution in [3.05, 3.63) is 139 Å². The van der Waals surface area contributed by atoms with Gasteiger partial charge in [0, 0.05) is 87.3 Å². The zero-order chi connectivity index (χ0) is 75.6. The predicted molar refractivity (Wildman–Crippen MR) is 440 cm³/mol. The number of alkyl halides is 1. The summed E-state index contributed by atoms with van der Waals surface area (Å²) in [6.45, 7) is 7.29. The first kappa shape index (κ1) is 105. The van der Waals surface area contributed by atoms with Crippen molar-refractivity contribution in [2.75, 3.05) is 67.9 Å². The molecule has 7 aromatic rings. The topological polar surface area (TPSA) is 344 Å². The Kier molecular flexibility index (Phi) is 63.0. The second-order valence-corrected chi connectivity index (χ2v) is 31.4. The molecule has 0 unspecified atom stereocenters. The summed E-state index contributed by atoms with van der Waals surface area (Å²) in [6, 6.07) is 24.8. The van der Waals surface area contributed by atoms with E-state index in [9.17, 15) is 29.0 Å². The van der Waals surface area contributed by atoms with E-state index in [0.717, 1.165) is 24.8 Å². The summed E-state index contributed by atoms with van der Waals surface area (Å²) in [7, 11) is 8.40. The van der Waals surface area contributed by atoms with Crippen LogP contribution in [0.3, 0.4) is 0 Å². The third-order valence-electron chi connectivity index (χ3n) is 9.25. The molecule has 0 bridgehead atoms. The number of esters is 3. The molecule has 0 atom stereocenters. The number of ether oxygens (including phenoxy) is 10. The predicted octanol–water partition coefficient (Wildman–Crippen LogP) is 17.3. The summed E-state index contributed by atoms with van der Waals surface area (Å²) in [4.78, 5) is 41.3. The van der Waals surface area contributed by atoms with Crippen LogP contribution in [-0.2, 0) is 19.2 Å². The summed E-state index contributed by atoms with van der Waals surface area (Å²) < 4.78 is 69.7. The third-order valence-corrected chi connectivity index (χ3v) is 14.6. The third kappa shape index (κ3) is 47.3. The molecular weight excluding hydrogens is 2190 g/mol. The number of carbonyl (C=O) groups is 4. The quantitative estimate of drug-likeness (QED) is 0.0208. The summed E-state index contributed by atoms with van der Waals surface area (Å²) in [6.07, 6.45) is 0. The van der Waals surface area contributed by atoms with Crippen LogP contribution in [0, 0.1) is 17.9 Å². The van der Waals surface area contributed by atoms with Crippen LogP contribution >= 0.6 is 230 Å². The first-order chi connectivity index (χ1) is 45.2. The summed E-state index contributed by atoms with van der Waals surface area (Å²) >= 11 is 54.1. The van der Waals surface area contributed by atoms with Gasteiger partial charge in [-0.1, -0.05) is 77.0 Å². The van der Waals surface area contributed by atoms with E-state index in [-0.39, 0.29) is 95.3 Å². The number of nitrogen functional groups attached to an aromatic ring is 2. The largest absolute Gasteiger partial charge is 1.00 e. The van der Waals surface area contributed by atoms with Crippen molar-refractivity contribution in [3.8, 4) is 80.5 Å². The first-order valence-corrected chi connectivity index (χ1v) is 35.7. The van der Waals surface area contributed by atoms with Gasteiger partial charge in [0.25, 0.3) is 5.97 Å². The molecule has 22 nitrogen and oxygen atoms in total. The van der Waals surface area contributed by atoms with Gasteiger partial charge >= 0.3 is 40.0 Å². The second-order valence-electron chi connectivity index (χ2n) is 16.4. The van der Waals surface area contributed by atoms with E-state index >= 15 is 0 Å². The standard InChI is InChI=1S/C10H8ClIO4.C8H6ClIO3.2C8H8ClIO2.C8H10ClNO2.C8H11NO2.C6H4ClIO2.C2H4O2.CH3F.CH4.BBr3.Li.H2O/c1-5(13)15-8-3-7(12)4-9(10(8)11)16-6(2)14;1-4(11)13-7-3-5(10)2-6(12)8(7)9;1-11-6-3-5(10)4-7(12-2)8(6)9;1-2-12-7-4-5(10)3-6(11)8(7)9;1-11-6-3-5(10)4-7(12-2)8(6)9;1-10-7-3-6(9)4-8(5-7)11-2;7-6-4(9)1-3(8)2-5(6)10;1-2(3)4;1-2;;2-1(3)4;;/h3-4H,1-2H3;2-3,12H,1H3;3-4H,1-2H3;3-4,11H,2H2,1H3;3-4H,10H2,1-2H3;3-5H,9H2,1-2H3;1-2,9-10H;1H3,(H,3,4);1H3;1H4;;;1H2/q;;;;;;;;;;;+1;/p-1/i;;;;;;;;1D;;;;.